The van der Waals surface area contributed by atoms with Gasteiger partial charge < -0.3 is 16.0 Å². The number of carbonyl (C=O) groups is 1. The number of nitrogens with two attached hydrogens (primary N) is 1. The molecule has 18 heavy (non-hydrogen) atoms. The third-order valence-corrected chi connectivity index (χ3v) is 2.60. The molecule has 0 fully saturated rings. The molecule has 1 atom stereocenters. The van der Waals surface area contributed by atoms with Crippen LogP contribution >= 0.6 is 0 Å². The van der Waals surface area contributed by atoms with Gasteiger partial charge in [-0.3, -0.25) is 4.79 Å². The highest BCUT2D eigenvalue weighted by atomic mass is 16.1. The lowest BCUT2D eigenvalue weighted by Gasteiger charge is -2.25. The summed E-state index contributed by atoms with van der Waals surface area (Å²) in [5.74, 6) is -0.109. The molecule has 0 rings (SSSR count). The van der Waals surface area contributed by atoms with Gasteiger partial charge in [0.05, 0.1) is 5.92 Å². The Labute approximate surface area is 113 Å². The highest BCUT2D eigenvalue weighted by Crippen LogP contribution is 2.09. The first-order chi connectivity index (χ1) is 8.56. The summed E-state index contributed by atoms with van der Waals surface area (Å²) in [6, 6.07) is 0. The SMILES string of the molecule is CCCC(CN(CCC)CCC)C(N)=O.CNC. The lowest BCUT2D eigenvalue weighted by atomic mass is 10.0. The fraction of sp³-hybridized carbons (Fsp3) is 0.929. The Hall–Kier alpha value is -0.610. The van der Waals surface area contributed by atoms with Crippen LogP contribution in [0, 0.1) is 5.92 Å². The van der Waals surface area contributed by atoms with E-state index in [-0.39, 0.29) is 11.8 Å². The molecule has 0 heterocycles. The predicted molar refractivity (Wildman–Crippen MR) is 79.6 cm³/mol. The number of nitrogens with zero attached hydrogens (tertiary/aromatic N) is 1. The topological polar surface area (TPSA) is 58.4 Å². The van der Waals surface area contributed by atoms with Crippen molar-refractivity contribution in [3.63, 3.8) is 0 Å². The Balaban J connectivity index is 0. The van der Waals surface area contributed by atoms with Crippen molar-refractivity contribution in [2.24, 2.45) is 11.7 Å². The summed E-state index contributed by atoms with van der Waals surface area (Å²) in [4.78, 5) is 13.6. The van der Waals surface area contributed by atoms with Crippen LogP contribution in [0.1, 0.15) is 46.5 Å². The summed E-state index contributed by atoms with van der Waals surface area (Å²) >= 11 is 0. The maximum absolute atomic E-state index is 11.2. The van der Waals surface area contributed by atoms with Gasteiger partial charge in [0.15, 0.2) is 0 Å². The summed E-state index contributed by atoms with van der Waals surface area (Å²) in [5, 5.41) is 2.75. The first kappa shape index (κ1) is 19.7. The standard InChI is InChI=1S/C12H26N2O.C2H7N/c1-4-7-11(12(13)15)10-14(8-5-2)9-6-3;1-3-2/h11H,4-10H2,1-3H3,(H2,13,15);3H,1-2H3. The largest absolute Gasteiger partial charge is 0.369 e. The van der Waals surface area contributed by atoms with E-state index in [9.17, 15) is 4.79 Å². The highest BCUT2D eigenvalue weighted by molar-refractivity contribution is 5.76. The van der Waals surface area contributed by atoms with Crippen molar-refractivity contribution in [1.29, 1.82) is 0 Å². The van der Waals surface area contributed by atoms with Gasteiger partial charge in [-0.05, 0) is 46.4 Å². The molecule has 1 unspecified atom stereocenters. The summed E-state index contributed by atoms with van der Waals surface area (Å²) in [5.41, 5.74) is 5.40. The lowest BCUT2D eigenvalue weighted by molar-refractivity contribution is -0.122. The van der Waals surface area contributed by atoms with Crippen LogP contribution in [0.4, 0.5) is 0 Å². The van der Waals surface area contributed by atoms with Crippen LogP contribution in [0.15, 0.2) is 0 Å². The van der Waals surface area contributed by atoms with Gasteiger partial charge >= 0.3 is 0 Å². The molecule has 0 aliphatic heterocycles. The Morgan fingerprint density at radius 3 is 1.83 bits per heavy atom. The summed E-state index contributed by atoms with van der Waals surface area (Å²) in [6.45, 7) is 9.41. The Bertz CT molecular complexity index is 180. The second-order valence-corrected chi connectivity index (χ2v) is 4.69. The zero-order valence-corrected chi connectivity index (χ0v) is 13.0. The van der Waals surface area contributed by atoms with E-state index < -0.39 is 0 Å². The molecule has 0 aromatic heterocycles. The van der Waals surface area contributed by atoms with E-state index in [1.807, 2.05) is 14.1 Å². The van der Waals surface area contributed by atoms with Crippen molar-refractivity contribution in [1.82, 2.24) is 10.2 Å². The van der Waals surface area contributed by atoms with Crippen molar-refractivity contribution >= 4 is 5.91 Å². The third-order valence-electron chi connectivity index (χ3n) is 2.60. The fourth-order valence-electron chi connectivity index (χ4n) is 1.91. The zero-order valence-electron chi connectivity index (χ0n) is 13.0. The first-order valence-corrected chi connectivity index (χ1v) is 7.17. The minimum Gasteiger partial charge on any atom is -0.369 e. The Morgan fingerprint density at radius 1 is 1.11 bits per heavy atom. The summed E-state index contributed by atoms with van der Waals surface area (Å²) < 4.78 is 0. The monoisotopic (exact) mass is 259 g/mol. The minimum atomic E-state index is -0.144. The van der Waals surface area contributed by atoms with Gasteiger partial charge in [0, 0.05) is 6.54 Å². The van der Waals surface area contributed by atoms with Gasteiger partial charge in [0.2, 0.25) is 5.91 Å². The molecular weight excluding hydrogens is 226 g/mol. The van der Waals surface area contributed by atoms with Crippen LogP contribution < -0.4 is 11.1 Å². The van der Waals surface area contributed by atoms with Crippen LogP contribution in [0.2, 0.25) is 0 Å². The molecule has 3 N–H and O–H groups in total. The second-order valence-electron chi connectivity index (χ2n) is 4.69. The number of carbonyl (C=O) groups excluding carboxylic acids is 1. The molecule has 0 bridgehead atoms. The molecule has 1 amide bonds. The third kappa shape index (κ3) is 11.9. The molecule has 0 aliphatic rings. The molecular formula is C14H33N3O. The molecule has 0 aromatic rings. The van der Waals surface area contributed by atoms with Crippen molar-refractivity contribution in [3.8, 4) is 0 Å². The maximum atomic E-state index is 11.2. The van der Waals surface area contributed by atoms with E-state index in [1.165, 1.54) is 0 Å². The van der Waals surface area contributed by atoms with Crippen LogP contribution in [0.25, 0.3) is 0 Å². The minimum absolute atomic E-state index is 0.0353. The molecule has 4 nitrogen and oxygen atoms in total. The van der Waals surface area contributed by atoms with E-state index in [0.717, 1.165) is 45.3 Å². The van der Waals surface area contributed by atoms with E-state index in [1.54, 1.807) is 0 Å². The van der Waals surface area contributed by atoms with Crippen molar-refractivity contribution < 1.29 is 4.79 Å². The summed E-state index contributed by atoms with van der Waals surface area (Å²) in [6.07, 6.45) is 4.22. The van der Waals surface area contributed by atoms with Crippen LogP contribution in [0.3, 0.4) is 0 Å². The van der Waals surface area contributed by atoms with E-state index in [2.05, 4.69) is 31.0 Å². The molecule has 0 aliphatic carbocycles. The number of primary amides is 1. The Morgan fingerprint density at radius 2 is 1.56 bits per heavy atom. The van der Waals surface area contributed by atoms with Crippen LogP contribution in [0.5, 0.6) is 0 Å². The summed E-state index contributed by atoms with van der Waals surface area (Å²) in [7, 11) is 3.75. The molecule has 110 valence electrons. The van der Waals surface area contributed by atoms with Crippen molar-refractivity contribution in [2.45, 2.75) is 46.5 Å². The van der Waals surface area contributed by atoms with Crippen LogP contribution in [-0.4, -0.2) is 44.5 Å². The molecule has 0 spiro atoms. The average molecular weight is 259 g/mol. The maximum Gasteiger partial charge on any atom is 0.221 e. The average Bonchev–Trinajstić information content (AvgIpc) is 2.30. The predicted octanol–water partition coefficient (Wildman–Crippen LogP) is 1.85. The number of hydrogen-bond acceptors (Lipinski definition) is 3. The Kier molecular flexibility index (Phi) is 15.8. The van der Waals surface area contributed by atoms with Gasteiger partial charge in [-0.15, -0.1) is 0 Å². The van der Waals surface area contributed by atoms with E-state index in [4.69, 9.17) is 5.73 Å². The molecule has 0 saturated carbocycles. The number of rotatable bonds is 9. The van der Waals surface area contributed by atoms with Gasteiger partial charge in [-0.1, -0.05) is 27.2 Å². The fourth-order valence-corrected chi connectivity index (χ4v) is 1.91. The highest BCUT2D eigenvalue weighted by Gasteiger charge is 2.17. The molecule has 0 saturated heterocycles. The van der Waals surface area contributed by atoms with E-state index >= 15 is 0 Å². The normalized spacial score (nSPS) is 11.9. The number of hydrogen-bond donors (Lipinski definition) is 2. The van der Waals surface area contributed by atoms with Crippen molar-refractivity contribution in [3.05, 3.63) is 0 Å². The molecule has 4 heteroatoms. The first-order valence-electron chi connectivity index (χ1n) is 7.17. The van der Waals surface area contributed by atoms with Gasteiger partial charge in [0.25, 0.3) is 0 Å². The molecule has 0 aromatic carbocycles. The lowest BCUT2D eigenvalue weighted by Crippen LogP contribution is -2.37. The van der Waals surface area contributed by atoms with Gasteiger partial charge in [-0.25, -0.2) is 0 Å². The smallest absolute Gasteiger partial charge is 0.221 e. The number of amides is 1. The van der Waals surface area contributed by atoms with Crippen LogP contribution in [-0.2, 0) is 4.79 Å². The second kappa shape index (κ2) is 14.5. The number of nitrogens with one attached hydrogen (secondary N) is 1. The quantitative estimate of drug-likeness (QED) is 0.664. The van der Waals surface area contributed by atoms with Crippen molar-refractivity contribution in [2.75, 3.05) is 33.7 Å². The zero-order chi connectivity index (χ0) is 14.4. The van der Waals surface area contributed by atoms with Gasteiger partial charge in [-0.2, -0.15) is 0 Å². The van der Waals surface area contributed by atoms with E-state index in [0.29, 0.717) is 0 Å². The molecule has 0 radical (unpaired) electrons. The van der Waals surface area contributed by atoms with Gasteiger partial charge in [0.1, 0.15) is 0 Å².